The zero-order chi connectivity index (χ0) is 45.4. The van der Waals surface area contributed by atoms with E-state index in [2.05, 4.69) is 252 Å². The van der Waals surface area contributed by atoms with E-state index in [4.69, 9.17) is 0 Å². The third-order valence-corrected chi connectivity index (χ3v) is 14.3. The molecule has 9 aromatic carbocycles. The topological polar surface area (TPSA) is 9.72 Å². The fourth-order valence-electron chi connectivity index (χ4n) is 10.5. The van der Waals surface area contributed by atoms with Gasteiger partial charge in [-0.3, -0.25) is 0 Å². The van der Waals surface area contributed by atoms with Gasteiger partial charge in [-0.2, -0.15) is 0 Å². The van der Waals surface area contributed by atoms with Crippen LogP contribution in [0.2, 0.25) is 0 Å². The minimum absolute atomic E-state index is 0.0173. The maximum absolute atomic E-state index is 2.58. The first-order valence-electron chi connectivity index (χ1n) is 24.1. The maximum atomic E-state index is 2.58. The largest absolute Gasteiger partial charge is 0.311 e. The molecule has 0 saturated heterocycles. The number of fused-ring (bicyclic) bond motifs is 6. The van der Waals surface area contributed by atoms with Crippen LogP contribution in [-0.2, 0) is 0 Å². The Morgan fingerprint density at radius 2 is 0.712 bits per heavy atom. The number of hydrogen-bond donors (Lipinski definition) is 0. The highest BCUT2D eigenvalue weighted by atomic mass is 15.2. The summed E-state index contributed by atoms with van der Waals surface area (Å²) in [6.45, 7) is 18.4. The number of anilines is 9. The van der Waals surface area contributed by atoms with E-state index in [0.29, 0.717) is 23.7 Å². The van der Waals surface area contributed by atoms with Gasteiger partial charge in [0.1, 0.15) is 0 Å². The molecule has 0 spiro atoms. The molecule has 4 heteroatoms. The van der Waals surface area contributed by atoms with Gasteiger partial charge in [0, 0.05) is 45.5 Å². The Kier molecular flexibility index (Phi) is 10.4. The Hall–Kier alpha value is -7.04. The lowest BCUT2D eigenvalue weighted by Crippen LogP contribution is -2.61. The molecule has 0 amide bonds. The number of hydrogen-bond acceptors (Lipinski definition) is 3. The van der Waals surface area contributed by atoms with Crippen molar-refractivity contribution in [1.29, 1.82) is 0 Å². The maximum Gasteiger partial charge on any atom is 0.252 e. The summed E-state index contributed by atoms with van der Waals surface area (Å²) in [6.07, 6.45) is 0. The average molecular weight is 856 g/mol. The summed E-state index contributed by atoms with van der Waals surface area (Å²) in [5.74, 6) is 1.61. The summed E-state index contributed by atoms with van der Waals surface area (Å²) in [7, 11) is 0. The molecule has 0 radical (unpaired) electrons. The quantitative estimate of drug-likeness (QED) is 0.134. The number of nitrogens with zero attached hydrogens (tertiary/aromatic N) is 3. The molecule has 2 aliphatic rings. The molecule has 0 saturated carbocycles. The zero-order valence-electron chi connectivity index (χ0n) is 39.5. The fourth-order valence-corrected chi connectivity index (χ4v) is 10.5. The van der Waals surface area contributed by atoms with Crippen molar-refractivity contribution in [2.24, 2.45) is 0 Å². The van der Waals surface area contributed by atoms with Crippen LogP contribution in [0.1, 0.15) is 101 Å². The van der Waals surface area contributed by atoms with Gasteiger partial charge in [-0.25, -0.2) is 0 Å². The van der Waals surface area contributed by atoms with Crippen molar-refractivity contribution in [3.8, 4) is 0 Å². The number of rotatable bonds is 9. The summed E-state index contributed by atoms with van der Waals surface area (Å²) in [6, 6.07) is 69.6. The summed E-state index contributed by atoms with van der Waals surface area (Å²) in [5, 5.41) is 4.88. The van der Waals surface area contributed by atoms with E-state index in [1.54, 1.807) is 0 Å². The van der Waals surface area contributed by atoms with E-state index in [-0.39, 0.29) is 6.71 Å². The summed E-state index contributed by atoms with van der Waals surface area (Å²) in [5.41, 5.74) is 19.9. The Morgan fingerprint density at radius 3 is 1.11 bits per heavy atom. The van der Waals surface area contributed by atoms with Crippen LogP contribution in [0.25, 0.3) is 21.5 Å². The van der Waals surface area contributed by atoms with E-state index >= 15 is 0 Å². The van der Waals surface area contributed by atoms with Crippen LogP contribution in [0, 0.1) is 0 Å². The minimum Gasteiger partial charge on any atom is -0.311 e. The average Bonchev–Trinajstić information content (AvgIpc) is 3.33. The third-order valence-electron chi connectivity index (χ3n) is 14.3. The molecule has 0 aromatic heterocycles. The van der Waals surface area contributed by atoms with Gasteiger partial charge in [0.05, 0.1) is 5.69 Å². The predicted octanol–water partition coefficient (Wildman–Crippen LogP) is 16.0. The lowest BCUT2D eigenvalue weighted by molar-refractivity contribution is 0.865. The molecule has 0 N–H and O–H groups in total. The van der Waals surface area contributed by atoms with Crippen molar-refractivity contribution >= 4 is 95.8 Å². The van der Waals surface area contributed by atoms with E-state index in [1.807, 2.05) is 0 Å². The van der Waals surface area contributed by atoms with Crippen LogP contribution in [-0.4, -0.2) is 6.71 Å². The van der Waals surface area contributed by atoms with Crippen LogP contribution in [0.4, 0.5) is 51.2 Å². The van der Waals surface area contributed by atoms with Gasteiger partial charge in [0.2, 0.25) is 0 Å². The predicted molar refractivity (Wildman–Crippen MR) is 287 cm³/mol. The monoisotopic (exact) mass is 855 g/mol. The Bertz CT molecular complexity index is 3070. The molecule has 0 atom stereocenters. The highest BCUT2D eigenvalue weighted by Gasteiger charge is 2.44. The molecule has 2 heterocycles. The van der Waals surface area contributed by atoms with Crippen LogP contribution < -0.4 is 31.1 Å². The molecule has 0 bridgehead atoms. The van der Waals surface area contributed by atoms with Crippen LogP contribution in [0.15, 0.2) is 182 Å². The Balaban J connectivity index is 1.27. The Morgan fingerprint density at radius 1 is 0.333 bits per heavy atom. The highest BCUT2D eigenvalue weighted by Crippen LogP contribution is 2.49. The minimum atomic E-state index is 0.0173. The molecule has 324 valence electrons. The molecular weight excluding hydrogens is 798 g/mol. The lowest BCUT2D eigenvalue weighted by Gasteiger charge is -2.45. The second kappa shape index (κ2) is 16.4. The van der Waals surface area contributed by atoms with Gasteiger partial charge >= 0.3 is 0 Å². The van der Waals surface area contributed by atoms with Crippen molar-refractivity contribution in [1.82, 2.24) is 0 Å². The second-order valence-corrected chi connectivity index (χ2v) is 19.8. The molecule has 0 unspecified atom stereocenters. The first kappa shape index (κ1) is 41.7. The van der Waals surface area contributed by atoms with E-state index < -0.39 is 0 Å². The van der Waals surface area contributed by atoms with Crippen LogP contribution in [0.5, 0.6) is 0 Å². The lowest BCUT2D eigenvalue weighted by atomic mass is 9.33. The van der Waals surface area contributed by atoms with Crippen molar-refractivity contribution < 1.29 is 0 Å². The van der Waals surface area contributed by atoms with Gasteiger partial charge in [0.25, 0.3) is 6.71 Å². The molecule has 0 fully saturated rings. The first-order chi connectivity index (χ1) is 32.0. The fraction of sp³-hybridized carbons (Fsp3) is 0.194. The van der Waals surface area contributed by atoms with E-state index in [9.17, 15) is 0 Å². The molecule has 66 heavy (non-hydrogen) atoms. The van der Waals surface area contributed by atoms with E-state index in [0.717, 1.165) is 28.4 Å². The molecule has 3 nitrogen and oxygen atoms in total. The molecule has 11 rings (SSSR count). The van der Waals surface area contributed by atoms with E-state index in [1.165, 1.54) is 82.9 Å². The molecule has 0 aliphatic carbocycles. The normalized spacial score (nSPS) is 13.0. The van der Waals surface area contributed by atoms with Gasteiger partial charge in [-0.1, -0.05) is 165 Å². The SMILES string of the molecule is CC(C)c1ccc(N2c3cc(C(C)C)ccc3B3c4ccc(C(C)C)cc4N(c4ccc(C(C)C)cc4)c4cc(N(c5ccc6ccccc6c5)c5ccc6ccccc6c5)cc2c43)cc1. The summed E-state index contributed by atoms with van der Waals surface area (Å²) in [4.78, 5) is 7.65. The molecule has 2 aliphatic heterocycles. The first-order valence-corrected chi connectivity index (χ1v) is 24.1. The van der Waals surface area contributed by atoms with Crippen molar-refractivity contribution in [2.45, 2.75) is 79.1 Å². The van der Waals surface area contributed by atoms with Crippen LogP contribution >= 0.6 is 0 Å². The smallest absolute Gasteiger partial charge is 0.252 e. The zero-order valence-corrected chi connectivity index (χ0v) is 39.5. The standard InChI is InChI=1S/C62H58BN3/c1-39(2)43-17-25-51(26-18-43)65-58-35-47(41(5)6)23-31-56(58)63-57-32-24-48(42(7)8)36-59(57)66(52-27-19-44(20-28-52)40(3)4)61-38-55(37-60(65)62(61)63)64(53-29-21-45-13-9-11-15-49(45)33-53)54-30-22-46-14-10-12-16-50(46)34-54/h9-42H,1-8H3. The Labute approximate surface area is 392 Å². The van der Waals surface area contributed by atoms with Gasteiger partial charge in [-0.15, -0.1) is 0 Å². The summed E-state index contributed by atoms with van der Waals surface area (Å²) >= 11 is 0. The molecular formula is C62H58BN3. The van der Waals surface area contributed by atoms with Crippen LogP contribution in [0.3, 0.4) is 0 Å². The third kappa shape index (κ3) is 7.06. The van der Waals surface area contributed by atoms with Gasteiger partial charge in [0.15, 0.2) is 0 Å². The second-order valence-electron chi connectivity index (χ2n) is 19.8. The van der Waals surface area contributed by atoms with Crippen molar-refractivity contribution in [2.75, 3.05) is 14.7 Å². The molecule has 9 aromatic rings. The van der Waals surface area contributed by atoms with Gasteiger partial charge < -0.3 is 14.7 Å². The van der Waals surface area contributed by atoms with Crippen molar-refractivity contribution in [3.63, 3.8) is 0 Å². The van der Waals surface area contributed by atoms with Gasteiger partial charge in [-0.05, 0) is 157 Å². The highest BCUT2D eigenvalue weighted by molar-refractivity contribution is 7.00. The summed E-state index contributed by atoms with van der Waals surface area (Å²) < 4.78 is 0. The van der Waals surface area contributed by atoms with Crippen molar-refractivity contribution in [3.05, 3.63) is 204 Å². The number of benzene rings is 9.